The van der Waals surface area contributed by atoms with E-state index in [1.807, 2.05) is 62.4 Å². The first kappa shape index (κ1) is 36.4. The number of hydrogen-bond acceptors (Lipinski definition) is 8. The fraction of sp³-hybridized carbons (Fsp3) is 0.282. The molecule has 270 valence electrons. The minimum atomic E-state index is -3.89. The van der Waals surface area contributed by atoms with Crippen molar-refractivity contribution in [1.82, 2.24) is 19.3 Å². The average molecular weight is 725 g/mol. The van der Waals surface area contributed by atoms with Gasteiger partial charge in [-0.2, -0.15) is 4.31 Å². The molecular weight excluding hydrogens is 685 g/mol. The molecule has 0 aliphatic carbocycles. The van der Waals surface area contributed by atoms with Crippen LogP contribution in [0.4, 0.5) is 0 Å². The van der Waals surface area contributed by atoms with Gasteiger partial charge in [0.1, 0.15) is 22.4 Å². The molecule has 0 radical (unpaired) electrons. The van der Waals surface area contributed by atoms with Crippen LogP contribution in [0.5, 0.6) is 5.75 Å². The minimum Gasteiger partial charge on any atom is -0.488 e. The van der Waals surface area contributed by atoms with E-state index in [0.717, 1.165) is 22.3 Å². The van der Waals surface area contributed by atoms with Crippen molar-refractivity contribution in [3.63, 3.8) is 0 Å². The lowest BCUT2D eigenvalue weighted by atomic mass is 9.81. The van der Waals surface area contributed by atoms with Crippen LogP contribution in [0.2, 0.25) is 0 Å². The van der Waals surface area contributed by atoms with Gasteiger partial charge in [-0.1, -0.05) is 65.9 Å². The predicted octanol–water partition coefficient (Wildman–Crippen LogP) is 6.34. The van der Waals surface area contributed by atoms with Crippen LogP contribution in [-0.4, -0.2) is 62.5 Å². The summed E-state index contributed by atoms with van der Waals surface area (Å²) in [6, 6.07) is 26.5. The van der Waals surface area contributed by atoms with Gasteiger partial charge in [-0.05, 0) is 91.4 Å². The van der Waals surface area contributed by atoms with Crippen LogP contribution >= 0.6 is 0 Å². The maximum absolute atomic E-state index is 13.8. The number of para-hydroxylation sites is 1. The Kier molecular flexibility index (Phi) is 10.3. The number of carbonyl (C=O) groups is 2. The van der Waals surface area contributed by atoms with E-state index in [4.69, 9.17) is 9.47 Å². The number of hydrogen-bond donors (Lipinski definition) is 2. The average Bonchev–Trinajstić information content (AvgIpc) is 3.52. The zero-order chi connectivity index (χ0) is 37.2. The first-order valence-corrected chi connectivity index (χ1v) is 18.2. The van der Waals surface area contributed by atoms with Crippen molar-refractivity contribution in [2.75, 3.05) is 6.54 Å². The van der Waals surface area contributed by atoms with Gasteiger partial charge in [0, 0.05) is 6.54 Å². The molecule has 0 saturated carbocycles. The van der Waals surface area contributed by atoms with Gasteiger partial charge in [0.15, 0.2) is 0 Å². The summed E-state index contributed by atoms with van der Waals surface area (Å²) in [6.07, 6.45) is 0.419. The molecule has 2 atom stereocenters. The highest BCUT2D eigenvalue weighted by molar-refractivity contribution is 7.89. The van der Waals surface area contributed by atoms with Crippen LogP contribution in [-0.2, 0) is 39.3 Å². The summed E-state index contributed by atoms with van der Waals surface area (Å²) >= 11 is 0. The van der Waals surface area contributed by atoms with Crippen molar-refractivity contribution in [1.29, 1.82) is 0 Å². The Balaban J connectivity index is 1.21. The number of fused-ring (bicyclic) bond motifs is 1. The molecule has 52 heavy (non-hydrogen) atoms. The molecule has 0 fully saturated rings. The van der Waals surface area contributed by atoms with Crippen molar-refractivity contribution < 1.29 is 37.7 Å². The highest BCUT2D eigenvalue weighted by atomic mass is 32.2. The van der Waals surface area contributed by atoms with Crippen molar-refractivity contribution >= 4 is 22.0 Å². The molecule has 0 spiro atoms. The number of aryl methyl sites for hydroxylation is 1. The van der Waals surface area contributed by atoms with E-state index in [2.05, 4.69) is 10.3 Å². The normalized spacial score (nSPS) is 16.3. The van der Waals surface area contributed by atoms with Crippen LogP contribution in [0.15, 0.2) is 102 Å². The van der Waals surface area contributed by atoms with Gasteiger partial charge in [-0.3, -0.25) is 4.79 Å². The van der Waals surface area contributed by atoms with Crippen LogP contribution in [0, 0.1) is 12.3 Å². The number of ether oxygens (including phenoxy) is 2. The third-order valence-electron chi connectivity index (χ3n) is 9.18. The molecule has 1 unspecified atom stereocenters. The Hall–Kier alpha value is -5.37. The molecule has 0 bridgehead atoms. The monoisotopic (exact) mass is 724 g/mol. The Morgan fingerprint density at radius 2 is 1.69 bits per heavy atom. The second-order valence-corrected chi connectivity index (χ2v) is 15.5. The number of aromatic nitrogens is 3. The van der Waals surface area contributed by atoms with Gasteiger partial charge in [-0.25, -0.2) is 17.9 Å². The van der Waals surface area contributed by atoms with Gasteiger partial charge < -0.3 is 19.7 Å². The number of carboxylic acids is 2. The lowest BCUT2D eigenvalue weighted by molar-refractivity contribution is -0.158. The Morgan fingerprint density at radius 1 is 0.962 bits per heavy atom. The molecule has 0 saturated heterocycles. The number of benzene rings is 4. The number of aliphatic carboxylic acids is 1. The van der Waals surface area contributed by atoms with E-state index in [1.165, 1.54) is 10.4 Å². The lowest BCUT2D eigenvalue weighted by Crippen LogP contribution is -2.36. The van der Waals surface area contributed by atoms with Gasteiger partial charge in [0.2, 0.25) is 10.0 Å². The summed E-state index contributed by atoms with van der Waals surface area (Å²) in [5.41, 5.74) is 4.04. The molecule has 5 aromatic rings. The predicted molar refractivity (Wildman–Crippen MR) is 192 cm³/mol. The smallest absolute Gasteiger partial charge is 0.335 e. The molecule has 2 heterocycles. The van der Waals surface area contributed by atoms with E-state index in [0.29, 0.717) is 29.1 Å². The molecular formula is C39H40N4O8S. The van der Waals surface area contributed by atoms with E-state index < -0.39 is 39.6 Å². The third-order valence-corrected chi connectivity index (χ3v) is 11.0. The number of carboxylic acid groups (broad SMARTS) is 2. The molecule has 1 aliphatic heterocycles. The zero-order valence-corrected chi connectivity index (χ0v) is 30.1. The molecule has 1 aromatic heterocycles. The third kappa shape index (κ3) is 7.76. The molecule has 4 aromatic carbocycles. The summed E-state index contributed by atoms with van der Waals surface area (Å²) in [5, 5.41) is 28.2. The summed E-state index contributed by atoms with van der Waals surface area (Å²) in [4.78, 5) is 24.1. The molecule has 13 heteroatoms. The van der Waals surface area contributed by atoms with E-state index >= 15 is 0 Å². The van der Waals surface area contributed by atoms with Gasteiger partial charge >= 0.3 is 11.9 Å². The van der Waals surface area contributed by atoms with E-state index in [1.54, 1.807) is 61.1 Å². The van der Waals surface area contributed by atoms with Crippen LogP contribution in [0.25, 0.3) is 11.1 Å². The standard InChI is InChI=1S/C39H40N4O8S/c1-25-15-16-30(19-32(25)22-43-20-26(2)51-34-13-5-6-14-35(34)52(43,48)49)36(39(3,4)38(46)47)50-24-33-23-42(41-40-33)21-27-9-7-10-28(17-27)29-11-8-12-31(18-29)37(44)45/h5-19,23,26,36H,20-22,24H2,1-4H3,(H,44,45)(H,46,47)/t26-,36?/m1/s1. The van der Waals surface area contributed by atoms with Crippen LogP contribution < -0.4 is 4.74 Å². The van der Waals surface area contributed by atoms with Crippen LogP contribution in [0.1, 0.15) is 65.2 Å². The molecule has 0 amide bonds. The van der Waals surface area contributed by atoms with E-state index in [9.17, 15) is 28.2 Å². The number of aromatic carboxylic acids is 1. The molecule has 6 rings (SSSR count). The molecule has 2 N–H and O–H groups in total. The Labute approximate surface area is 302 Å². The highest BCUT2D eigenvalue weighted by Gasteiger charge is 2.40. The summed E-state index contributed by atoms with van der Waals surface area (Å²) in [7, 11) is -3.89. The Morgan fingerprint density at radius 3 is 2.44 bits per heavy atom. The largest absolute Gasteiger partial charge is 0.488 e. The summed E-state index contributed by atoms with van der Waals surface area (Å²) < 4.78 is 42.8. The van der Waals surface area contributed by atoms with E-state index in [-0.39, 0.29) is 30.2 Å². The number of nitrogens with zero attached hydrogens (tertiary/aromatic N) is 4. The SMILES string of the molecule is Cc1ccc(C(OCc2cn(Cc3cccc(-c4cccc(C(=O)O)c4)c3)nn2)C(C)(C)C(=O)O)cc1CN1C[C@@H](C)Oc2ccccc2S1(=O)=O. The second kappa shape index (κ2) is 14.7. The second-order valence-electron chi connectivity index (χ2n) is 13.6. The minimum absolute atomic E-state index is 0.0290. The fourth-order valence-electron chi connectivity index (χ4n) is 6.26. The summed E-state index contributed by atoms with van der Waals surface area (Å²) in [5.74, 6) is -1.74. The topological polar surface area (TPSA) is 161 Å². The number of sulfonamides is 1. The van der Waals surface area contributed by atoms with Crippen molar-refractivity contribution in [3.05, 3.63) is 131 Å². The quantitative estimate of drug-likeness (QED) is 0.149. The fourth-order valence-corrected chi connectivity index (χ4v) is 7.87. The van der Waals surface area contributed by atoms with Crippen LogP contribution in [0.3, 0.4) is 0 Å². The van der Waals surface area contributed by atoms with Crippen molar-refractivity contribution in [2.45, 2.75) is 64.5 Å². The van der Waals surface area contributed by atoms with Gasteiger partial charge in [0.25, 0.3) is 0 Å². The first-order valence-electron chi connectivity index (χ1n) is 16.7. The molecule has 12 nitrogen and oxygen atoms in total. The first-order chi connectivity index (χ1) is 24.7. The molecule has 1 aliphatic rings. The van der Waals surface area contributed by atoms with Gasteiger partial charge in [0.05, 0.1) is 43.0 Å². The van der Waals surface area contributed by atoms with Crippen molar-refractivity contribution in [2.24, 2.45) is 5.41 Å². The van der Waals surface area contributed by atoms with Crippen molar-refractivity contribution in [3.8, 4) is 16.9 Å². The zero-order valence-electron chi connectivity index (χ0n) is 29.3. The Bertz CT molecular complexity index is 2230. The van der Waals surface area contributed by atoms with Gasteiger partial charge in [-0.15, -0.1) is 5.10 Å². The number of rotatable bonds is 12. The maximum atomic E-state index is 13.8. The summed E-state index contributed by atoms with van der Waals surface area (Å²) in [6.45, 7) is 7.44. The lowest BCUT2D eigenvalue weighted by Gasteiger charge is -2.31. The maximum Gasteiger partial charge on any atom is 0.335 e. The highest BCUT2D eigenvalue weighted by Crippen LogP contribution is 2.39.